The van der Waals surface area contributed by atoms with Crippen molar-refractivity contribution in [1.29, 1.82) is 0 Å². The molecule has 1 aromatic carbocycles. The van der Waals surface area contributed by atoms with E-state index in [0.29, 0.717) is 5.56 Å². The highest BCUT2D eigenvalue weighted by Gasteiger charge is 2.18. The van der Waals surface area contributed by atoms with Crippen molar-refractivity contribution < 1.29 is 19.3 Å². The number of hydrogen-bond acceptors (Lipinski definition) is 4. The standard InChI is InChI=1S/C10H14FNO3/c1-15-9-4-6(2-3-7(9)11)10(14)8(13)5-12/h2-4,8,10,13-14H,5,12H2,1H3. The second kappa shape index (κ2) is 5.06. The molecule has 15 heavy (non-hydrogen) atoms. The summed E-state index contributed by atoms with van der Waals surface area (Å²) in [5, 5.41) is 18.9. The summed E-state index contributed by atoms with van der Waals surface area (Å²) in [5.41, 5.74) is 5.56. The Morgan fingerprint density at radius 2 is 2.13 bits per heavy atom. The van der Waals surface area contributed by atoms with Gasteiger partial charge in [-0.3, -0.25) is 0 Å². The lowest BCUT2D eigenvalue weighted by Gasteiger charge is -2.17. The molecule has 0 aliphatic heterocycles. The zero-order valence-electron chi connectivity index (χ0n) is 8.35. The molecule has 0 radical (unpaired) electrons. The average molecular weight is 215 g/mol. The minimum absolute atomic E-state index is 0.0239. The highest BCUT2D eigenvalue weighted by molar-refractivity contribution is 5.31. The summed E-state index contributed by atoms with van der Waals surface area (Å²) in [6.07, 6.45) is -2.20. The fourth-order valence-corrected chi connectivity index (χ4v) is 1.21. The van der Waals surface area contributed by atoms with Crippen LogP contribution in [0.25, 0.3) is 0 Å². The number of methoxy groups -OCH3 is 1. The van der Waals surface area contributed by atoms with Crippen LogP contribution in [0.5, 0.6) is 5.75 Å². The van der Waals surface area contributed by atoms with Gasteiger partial charge < -0.3 is 20.7 Å². The molecule has 0 spiro atoms. The van der Waals surface area contributed by atoms with Crippen LogP contribution in [0.15, 0.2) is 18.2 Å². The molecule has 0 saturated carbocycles. The van der Waals surface area contributed by atoms with Crippen molar-refractivity contribution in [2.24, 2.45) is 5.73 Å². The van der Waals surface area contributed by atoms with Crippen molar-refractivity contribution in [3.05, 3.63) is 29.6 Å². The molecule has 5 heteroatoms. The molecule has 4 nitrogen and oxygen atoms in total. The van der Waals surface area contributed by atoms with E-state index in [1.807, 2.05) is 0 Å². The maximum Gasteiger partial charge on any atom is 0.165 e. The summed E-state index contributed by atoms with van der Waals surface area (Å²) >= 11 is 0. The number of ether oxygens (including phenoxy) is 1. The monoisotopic (exact) mass is 215 g/mol. The van der Waals surface area contributed by atoms with Gasteiger partial charge in [-0.15, -0.1) is 0 Å². The fourth-order valence-electron chi connectivity index (χ4n) is 1.21. The lowest BCUT2D eigenvalue weighted by Crippen LogP contribution is -2.27. The molecule has 1 aromatic rings. The topological polar surface area (TPSA) is 75.7 Å². The third kappa shape index (κ3) is 2.65. The Bertz CT molecular complexity index is 332. The van der Waals surface area contributed by atoms with E-state index in [9.17, 15) is 14.6 Å². The molecule has 84 valence electrons. The first-order valence-electron chi connectivity index (χ1n) is 4.49. The molecule has 2 unspecified atom stereocenters. The highest BCUT2D eigenvalue weighted by atomic mass is 19.1. The van der Waals surface area contributed by atoms with Crippen LogP contribution in [0.4, 0.5) is 4.39 Å². The van der Waals surface area contributed by atoms with Gasteiger partial charge in [0, 0.05) is 6.54 Å². The van der Waals surface area contributed by atoms with Gasteiger partial charge in [0.25, 0.3) is 0 Å². The average Bonchev–Trinajstić information content (AvgIpc) is 2.27. The van der Waals surface area contributed by atoms with Gasteiger partial charge in [-0.05, 0) is 17.7 Å². The number of aliphatic hydroxyl groups is 2. The number of benzene rings is 1. The van der Waals surface area contributed by atoms with E-state index >= 15 is 0 Å². The van der Waals surface area contributed by atoms with Crippen LogP contribution in [-0.4, -0.2) is 30.0 Å². The molecule has 4 N–H and O–H groups in total. The first-order valence-corrected chi connectivity index (χ1v) is 4.49. The van der Waals surface area contributed by atoms with Gasteiger partial charge in [0.2, 0.25) is 0 Å². The van der Waals surface area contributed by atoms with E-state index in [4.69, 9.17) is 10.5 Å². The van der Waals surface area contributed by atoms with Gasteiger partial charge in [0.05, 0.1) is 13.2 Å². The highest BCUT2D eigenvalue weighted by Crippen LogP contribution is 2.24. The van der Waals surface area contributed by atoms with Crippen molar-refractivity contribution >= 4 is 0 Å². The van der Waals surface area contributed by atoms with Crippen molar-refractivity contribution in [3.8, 4) is 5.75 Å². The Kier molecular flexibility index (Phi) is 4.02. The summed E-state index contributed by atoms with van der Waals surface area (Å²) < 4.78 is 17.8. The van der Waals surface area contributed by atoms with E-state index in [2.05, 4.69) is 0 Å². The number of hydrogen-bond donors (Lipinski definition) is 3. The SMILES string of the molecule is COc1cc(C(O)C(O)CN)ccc1F. The van der Waals surface area contributed by atoms with E-state index in [1.54, 1.807) is 0 Å². The smallest absolute Gasteiger partial charge is 0.165 e. The number of rotatable bonds is 4. The molecule has 0 amide bonds. The lowest BCUT2D eigenvalue weighted by atomic mass is 10.0. The van der Waals surface area contributed by atoms with Gasteiger partial charge in [0.1, 0.15) is 6.10 Å². The van der Waals surface area contributed by atoms with Crippen LogP contribution in [0, 0.1) is 5.82 Å². The van der Waals surface area contributed by atoms with Crippen LogP contribution in [0.3, 0.4) is 0 Å². The summed E-state index contributed by atoms with van der Waals surface area (Å²) in [7, 11) is 1.33. The number of aliphatic hydroxyl groups excluding tert-OH is 2. The maximum atomic E-state index is 13.0. The Hall–Kier alpha value is -1.17. The van der Waals surface area contributed by atoms with E-state index in [-0.39, 0.29) is 12.3 Å². The summed E-state index contributed by atoms with van der Waals surface area (Å²) in [4.78, 5) is 0. The zero-order valence-corrected chi connectivity index (χ0v) is 8.35. The van der Waals surface area contributed by atoms with Gasteiger partial charge in [-0.25, -0.2) is 4.39 Å². The Labute approximate surface area is 87.1 Å². The van der Waals surface area contributed by atoms with Gasteiger partial charge in [-0.2, -0.15) is 0 Å². The van der Waals surface area contributed by atoms with Crippen molar-refractivity contribution in [2.75, 3.05) is 13.7 Å². The minimum Gasteiger partial charge on any atom is -0.494 e. The summed E-state index contributed by atoms with van der Waals surface area (Å²) in [6.45, 7) is -0.0686. The van der Waals surface area contributed by atoms with Crippen LogP contribution in [0.1, 0.15) is 11.7 Å². The van der Waals surface area contributed by atoms with E-state index < -0.39 is 18.0 Å². The van der Waals surface area contributed by atoms with Crippen molar-refractivity contribution in [1.82, 2.24) is 0 Å². The van der Waals surface area contributed by atoms with Gasteiger partial charge in [-0.1, -0.05) is 6.07 Å². The minimum atomic E-state index is -1.13. The molecule has 0 saturated heterocycles. The quantitative estimate of drug-likeness (QED) is 0.670. The van der Waals surface area contributed by atoms with Gasteiger partial charge >= 0.3 is 0 Å². The van der Waals surface area contributed by atoms with E-state index in [1.165, 1.54) is 25.3 Å². The van der Waals surface area contributed by atoms with Crippen LogP contribution in [0.2, 0.25) is 0 Å². The normalized spacial score (nSPS) is 14.7. The van der Waals surface area contributed by atoms with Crippen LogP contribution >= 0.6 is 0 Å². The molecule has 0 heterocycles. The Morgan fingerprint density at radius 3 is 2.67 bits per heavy atom. The summed E-state index contributed by atoms with van der Waals surface area (Å²) in [5.74, 6) is -0.494. The van der Waals surface area contributed by atoms with Crippen molar-refractivity contribution in [2.45, 2.75) is 12.2 Å². The summed E-state index contributed by atoms with van der Waals surface area (Å²) in [6, 6.07) is 3.88. The second-order valence-corrected chi connectivity index (χ2v) is 3.14. The zero-order chi connectivity index (χ0) is 11.4. The fraction of sp³-hybridized carbons (Fsp3) is 0.400. The molecular weight excluding hydrogens is 201 g/mol. The predicted molar refractivity (Wildman–Crippen MR) is 53.0 cm³/mol. The Morgan fingerprint density at radius 1 is 1.47 bits per heavy atom. The molecule has 1 rings (SSSR count). The number of nitrogens with two attached hydrogens (primary N) is 1. The molecule has 0 bridgehead atoms. The lowest BCUT2D eigenvalue weighted by molar-refractivity contribution is 0.0242. The van der Waals surface area contributed by atoms with Crippen molar-refractivity contribution in [3.63, 3.8) is 0 Å². The molecule has 0 aromatic heterocycles. The molecule has 2 atom stereocenters. The second-order valence-electron chi connectivity index (χ2n) is 3.14. The van der Waals surface area contributed by atoms with Gasteiger partial charge in [0.15, 0.2) is 11.6 Å². The first kappa shape index (κ1) is 11.9. The third-order valence-corrected chi connectivity index (χ3v) is 2.12. The Balaban J connectivity index is 2.95. The van der Waals surface area contributed by atoms with Crippen LogP contribution in [-0.2, 0) is 0 Å². The van der Waals surface area contributed by atoms with Crippen LogP contribution < -0.4 is 10.5 Å². The molecule has 0 aliphatic carbocycles. The van der Waals surface area contributed by atoms with E-state index in [0.717, 1.165) is 0 Å². The predicted octanol–water partition coefficient (Wildman–Crippen LogP) is 0.187. The first-order chi connectivity index (χ1) is 7.10. The largest absolute Gasteiger partial charge is 0.494 e. The number of halogens is 1. The molecule has 0 fully saturated rings. The molecular formula is C10H14FNO3. The third-order valence-electron chi connectivity index (χ3n) is 2.12. The molecule has 0 aliphatic rings. The maximum absolute atomic E-state index is 13.0.